The third-order valence-electron chi connectivity index (χ3n) is 9.37. The lowest BCUT2D eigenvalue weighted by atomic mass is 9.76. The minimum atomic E-state index is -0.0634. The van der Waals surface area contributed by atoms with E-state index < -0.39 is 0 Å². The lowest BCUT2D eigenvalue weighted by Crippen LogP contribution is -2.19. The molecule has 0 atom stereocenters. The first-order valence-electron chi connectivity index (χ1n) is 15.2. The largest absolute Gasteiger partial charge is 0.135 e. The van der Waals surface area contributed by atoms with Gasteiger partial charge in [-0.2, -0.15) is 0 Å². The monoisotopic (exact) mass is 564 g/mol. The number of hydrogen-bond acceptors (Lipinski definition) is 1. The standard InChI is InChI=1S/C41H40S/c1-39(2,3)29-18-19-32-34(23-29)41(7,8)35-24-30(40(4,5)6)22-33(37(32)35)26-13-11-14-27(20-26)36-21-28-17-16-25-12-9-10-15-31(25)38(28)42-36/h9-24H,1-8H3. The molecule has 1 aliphatic rings. The van der Waals surface area contributed by atoms with E-state index in [4.69, 9.17) is 0 Å². The fraction of sp³-hybridized carbons (Fsp3) is 0.268. The maximum absolute atomic E-state index is 2.50. The van der Waals surface area contributed by atoms with Crippen molar-refractivity contribution in [3.05, 3.63) is 119 Å². The van der Waals surface area contributed by atoms with Gasteiger partial charge < -0.3 is 0 Å². The molecule has 0 amide bonds. The summed E-state index contributed by atoms with van der Waals surface area (Å²) in [5.74, 6) is 0. The van der Waals surface area contributed by atoms with Crippen LogP contribution in [0.15, 0.2) is 97.1 Å². The van der Waals surface area contributed by atoms with Crippen LogP contribution in [0, 0.1) is 0 Å². The van der Waals surface area contributed by atoms with Gasteiger partial charge in [0, 0.05) is 15.0 Å². The summed E-state index contributed by atoms with van der Waals surface area (Å²) in [6.07, 6.45) is 0. The van der Waals surface area contributed by atoms with Gasteiger partial charge in [0.25, 0.3) is 0 Å². The van der Waals surface area contributed by atoms with Crippen molar-refractivity contribution in [2.45, 2.75) is 71.6 Å². The molecule has 0 radical (unpaired) electrons. The number of rotatable bonds is 2. The second-order valence-corrected chi connectivity index (χ2v) is 15.8. The zero-order valence-corrected chi connectivity index (χ0v) is 27.0. The van der Waals surface area contributed by atoms with Gasteiger partial charge in [0.15, 0.2) is 0 Å². The second kappa shape index (κ2) is 9.16. The Morgan fingerprint density at radius 1 is 0.548 bits per heavy atom. The van der Waals surface area contributed by atoms with Crippen molar-refractivity contribution in [2.75, 3.05) is 0 Å². The fourth-order valence-corrected chi connectivity index (χ4v) is 7.92. The molecule has 6 aromatic rings. The van der Waals surface area contributed by atoms with Crippen LogP contribution in [0.5, 0.6) is 0 Å². The molecule has 0 spiro atoms. The highest BCUT2D eigenvalue weighted by Gasteiger charge is 2.39. The molecular weight excluding hydrogens is 525 g/mol. The Hall–Kier alpha value is -3.68. The lowest BCUT2D eigenvalue weighted by Gasteiger charge is -2.27. The summed E-state index contributed by atoms with van der Waals surface area (Å²) in [7, 11) is 0. The summed E-state index contributed by atoms with van der Waals surface area (Å²) in [5.41, 5.74) is 12.5. The molecule has 1 heteroatoms. The van der Waals surface area contributed by atoms with Crippen molar-refractivity contribution in [2.24, 2.45) is 0 Å². The number of hydrogen-bond donors (Lipinski definition) is 0. The molecule has 1 heterocycles. The zero-order chi connectivity index (χ0) is 29.6. The average Bonchev–Trinajstić information content (AvgIpc) is 3.49. The topological polar surface area (TPSA) is 0 Å². The van der Waals surface area contributed by atoms with E-state index in [1.807, 2.05) is 11.3 Å². The Kier molecular flexibility index (Phi) is 5.92. The summed E-state index contributed by atoms with van der Waals surface area (Å²) in [6, 6.07) is 37.1. The molecule has 0 nitrogen and oxygen atoms in total. The highest BCUT2D eigenvalue weighted by Crippen LogP contribution is 2.54. The van der Waals surface area contributed by atoms with Gasteiger partial charge in [-0.25, -0.2) is 0 Å². The highest BCUT2D eigenvalue weighted by molar-refractivity contribution is 7.23. The van der Waals surface area contributed by atoms with Crippen molar-refractivity contribution in [1.82, 2.24) is 0 Å². The van der Waals surface area contributed by atoms with Gasteiger partial charge >= 0.3 is 0 Å². The summed E-state index contributed by atoms with van der Waals surface area (Å²) in [4.78, 5) is 1.32. The molecule has 1 aromatic heterocycles. The van der Waals surface area contributed by atoms with Crippen LogP contribution in [0.2, 0.25) is 0 Å². The smallest absolute Gasteiger partial charge is 0.0427 e. The molecule has 0 saturated heterocycles. The van der Waals surface area contributed by atoms with Crippen LogP contribution < -0.4 is 0 Å². The molecule has 0 N–H and O–H groups in total. The Bertz CT molecular complexity index is 2020. The number of thiophene rings is 1. The first-order valence-corrected chi connectivity index (χ1v) is 16.0. The van der Waals surface area contributed by atoms with Crippen LogP contribution in [0.3, 0.4) is 0 Å². The van der Waals surface area contributed by atoms with E-state index in [0.29, 0.717) is 0 Å². The molecule has 1 aliphatic carbocycles. The average molecular weight is 565 g/mol. The quantitative estimate of drug-likeness (QED) is 0.196. The highest BCUT2D eigenvalue weighted by atomic mass is 32.1. The number of benzene rings is 5. The fourth-order valence-electron chi connectivity index (χ4n) is 6.73. The van der Waals surface area contributed by atoms with Crippen LogP contribution in [-0.4, -0.2) is 0 Å². The van der Waals surface area contributed by atoms with Crippen LogP contribution in [0.25, 0.3) is 53.6 Å². The third kappa shape index (κ3) is 4.24. The van der Waals surface area contributed by atoms with Crippen molar-refractivity contribution in [3.63, 3.8) is 0 Å². The normalized spacial score (nSPS) is 14.4. The Morgan fingerprint density at radius 3 is 2.00 bits per heavy atom. The Balaban J connectivity index is 1.44. The minimum Gasteiger partial charge on any atom is -0.135 e. The van der Waals surface area contributed by atoms with E-state index in [2.05, 4.69) is 152 Å². The van der Waals surface area contributed by atoms with E-state index in [9.17, 15) is 0 Å². The van der Waals surface area contributed by atoms with Crippen LogP contribution in [0.4, 0.5) is 0 Å². The maximum atomic E-state index is 2.50. The van der Waals surface area contributed by atoms with Gasteiger partial charge in [0.2, 0.25) is 0 Å². The molecule has 210 valence electrons. The maximum Gasteiger partial charge on any atom is 0.0427 e. The van der Waals surface area contributed by atoms with E-state index >= 15 is 0 Å². The Labute approximate surface area is 255 Å². The van der Waals surface area contributed by atoms with Gasteiger partial charge in [-0.3, -0.25) is 0 Å². The van der Waals surface area contributed by atoms with E-state index in [1.54, 1.807) is 0 Å². The van der Waals surface area contributed by atoms with Gasteiger partial charge in [-0.15, -0.1) is 11.3 Å². The van der Waals surface area contributed by atoms with E-state index in [0.717, 1.165) is 0 Å². The molecule has 0 saturated carbocycles. The van der Waals surface area contributed by atoms with Gasteiger partial charge in [0.05, 0.1) is 0 Å². The van der Waals surface area contributed by atoms with Gasteiger partial charge in [-0.05, 0) is 95.3 Å². The predicted molar refractivity (Wildman–Crippen MR) is 185 cm³/mol. The first-order chi connectivity index (χ1) is 19.8. The number of fused-ring (bicyclic) bond motifs is 6. The molecule has 0 bridgehead atoms. The van der Waals surface area contributed by atoms with Gasteiger partial charge in [-0.1, -0.05) is 134 Å². The van der Waals surface area contributed by atoms with Crippen LogP contribution >= 0.6 is 11.3 Å². The lowest BCUT2D eigenvalue weighted by molar-refractivity contribution is 0.580. The van der Waals surface area contributed by atoms with E-state index in [-0.39, 0.29) is 16.2 Å². The molecule has 0 fully saturated rings. The molecule has 7 rings (SSSR count). The summed E-state index contributed by atoms with van der Waals surface area (Å²) < 4.78 is 1.37. The second-order valence-electron chi connectivity index (χ2n) is 14.7. The van der Waals surface area contributed by atoms with E-state index in [1.165, 1.54) is 75.8 Å². The summed E-state index contributed by atoms with van der Waals surface area (Å²) in [5, 5.41) is 3.96. The summed E-state index contributed by atoms with van der Waals surface area (Å²) >= 11 is 1.91. The summed E-state index contributed by atoms with van der Waals surface area (Å²) in [6.45, 7) is 18.8. The molecule has 42 heavy (non-hydrogen) atoms. The van der Waals surface area contributed by atoms with Crippen molar-refractivity contribution >= 4 is 32.2 Å². The Morgan fingerprint density at radius 2 is 1.24 bits per heavy atom. The molecule has 0 unspecified atom stereocenters. The SMILES string of the molecule is CC(C)(C)c1ccc2c(c1)C(C)(C)c1cc(C(C)(C)C)cc(-c3cccc(-c4cc5ccc6ccccc6c5s4)c3)c1-2. The van der Waals surface area contributed by atoms with Crippen LogP contribution in [-0.2, 0) is 16.2 Å². The predicted octanol–water partition coefficient (Wildman–Crippen LogP) is 12.3. The van der Waals surface area contributed by atoms with Crippen molar-refractivity contribution in [3.8, 4) is 32.7 Å². The van der Waals surface area contributed by atoms with Gasteiger partial charge in [0.1, 0.15) is 0 Å². The molecule has 0 aliphatic heterocycles. The minimum absolute atomic E-state index is 0.0509. The van der Waals surface area contributed by atoms with Crippen LogP contribution in [0.1, 0.15) is 77.6 Å². The first kappa shape index (κ1) is 27.2. The van der Waals surface area contributed by atoms with Crippen molar-refractivity contribution in [1.29, 1.82) is 0 Å². The zero-order valence-electron chi connectivity index (χ0n) is 26.1. The van der Waals surface area contributed by atoms with Crippen molar-refractivity contribution < 1.29 is 0 Å². The molecular formula is C41H40S. The molecule has 5 aromatic carbocycles. The third-order valence-corrected chi connectivity index (χ3v) is 10.6.